The van der Waals surface area contributed by atoms with E-state index >= 15 is 0 Å². The van der Waals surface area contributed by atoms with Crippen LogP contribution in [0.1, 0.15) is 5.69 Å². The molecule has 0 fully saturated rings. The SMILES string of the molecule is O=C(COC(=O)/C=C/c1ccc2ccccc2n1)NNC(=O)C1COc2ccccc2O1. The first-order valence-corrected chi connectivity index (χ1v) is 9.76. The summed E-state index contributed by atoms with van der Waals surface area (Å²) in [6, 6.07) is 18.2. The quantitative estimate of drug-likeness (QED) is 0.358. The summed E-state index contributed by atoms with van der Waals surface area (Å²) in [6.07, 6.45) is 1.74. The molecule has 0 aliphatic carbocycles. The average Bonchev–Trinajstić information content (AvgIpc) is 2.84. The van der Waals surface area contributed by atoms with Gasteiger partial charge in [-0.05, 0) is 30.3 Å². The molecule has 1 aromatic heterocycles. The van der Waals surface area contributed by atoms with Crippen molar-refractivity contribution in [1.29, 1.82) is 0 Å². The number of hydrogen-bond donors (Lipinski definition) is 2. The molecule has 3 aromatic rings. The second-order valence-corrected chi connectivity index (χ2v) is 6.77. The van der Waals surface area contributed by atoms with E-state index in [1.165, 1.54) is 12.2 Å². The Hall–Kier alpha value is -4.40. The van der Waals surface area contributed by atoms with E-state index in [1.54, 1.807) is 30.3 Å². The average molecular weight is 433 g/mol. The minimum absolute atomic E-state index is 0.00130. The van der Waals surface area contributed by atoms with Gasteiger partial charge in [0, 0.05) is 11.5 Å². The van der Waals surface area contributed by atoms with Crippen molar-refractivity contribution in [3.63, 3.8) is 0 Å². The molecule has 162 valence electrons. The van der Waals surface area contributed by atoms with Crippen LogP contribution in [0.3, 0.4) is 0 Å². The van der Waals surface area contributed by atoms with Crippen LogP contribution in [-0.4, -0.2) is 42.1 Å². The van der Waals surface area contributed by atoms with Gasteiger partial charge >= 0.3 is 5.97 Å². The van der Waals surface area contributed by atoms with Crippen LogP contribution < -0.4 is 20.3 Å². The van der Waals surface area contributed by atoms with Crippen LogP contribution in [0.4, 0.5) is 0 Å². The molecule has 0 saturated heterocycles. The van der Waals surface area contributed by atoms with Gasteiger partial charge in [-0.3, -0.25) is 20.4 Å². The number of carbonyl (C=O) groups is 3. The first-order valence-electron chi connectivity index (χ1n) is 9.76. The predicted octanol–water partition coefficient (Wildman–Crippen LogP) is 1.78. The summed E-state index contributed by atoms with van der Waals surface area (Å²) >= 11 is 0. The molecule has 0 bridgehead atoms. The molecule has 0 spiro atoms. The molecule has 9 nitrogen and oxygen atoms in total. The molecule has 2 heterocycles. The topological polar surface area (TPSA) is 116 Å². The Labute approximate surface area is 183 Å². The highest BCUT2D eigenvalue weighted by atomic mass is 16.6. The molecule has 2 N–H and O–H groups in total. The standard InChI is InChI=1S/C23H19N3O6/c27-21(25-26-23(29)20-13-30-18-7-3-4-8-19(18)32-20)14-31-22(28)12-11-16-10-9-15-5-1-2-6-17(15)24-16/h1-12,20H,13-14H2,(H,25,27)(H,26,29)/b12-11+. The van der Waals surface area contributed by atoms with Crippen molar-refractivity contribution in [2.45, 2.75) is 6.10 Å². The number of fused-ring (bicyclic) bond motifs is 2. The van der Waals surface area contributed by atoms with Crippen LogP contribution in [-0.2, 0) is 19.1 Å². The molecule has 1 atom stereocenters. The lowest BCUT2D eigenvalue weighted by Crippen LogP contribution is -2.51. The van der Waals surface area contributed by atoms with Gasteiger partial charge < -0.3 is 14.2 Å². The maximum atomic E-state index is 12.1. The number of nitrogens with zero attached hydrogens (tertiary/aromatic N) is 1. The van der Waals surface area contributed by atoms with E-state index in [1.807, 2.05) is 30.3 Å². The Morgan fingerprint density at radius 2 is 1.78 bits per heavy atom. The summed E-state index contributed by atoms with van der Waals surface area (Å²) in [4.78, 5) is 40.2. The van der Waals surface area contributed by atoms with E-state index in [-0.39, 0.29) is 6.61 Å². The number of pyridine rings is 1. The molecule has 2 amide bonds. The molecule has 1 unspecified atom stereocenters. The van der Waals surface area contributed by atoms with Gasteiger partial charge in [-0.15, -0.1) is 0 Å². The van der Waals surface area contributed by atoms with Crippen molar-refractivity contribution < 1.29 is 28.6 Å². The molecule has 1 aliphatic rings. The van der Waals surface area contributed by atoms with Gasteiger partial charge in [0.2, 0.25) is 6.10 Å². The zero-order chi connectivity index (χ0) is 22.3. The zero-order valence-corrected chi connectivity index (χ0v) is 16.8. The lowest BCUT2D eigenvalue weighted by Gasteiger charge is -2.25. The fourth-order valence-corrected chi connectivity index (χ4v) is 2.91. The summed E-state index contributed by atoms with van der Waals surface area (Å²) in [5, 5.41) is 0.986. The Balaban J connectivity index is 1.20. The normalized spacial score (nSPS) is 14.7. The Morgan fingerprint density at radius 1 is 1.00 bits per heavy atom. The summed E-state index contributed by atoms with van der Waals surface area (Å²) < 4.78 is 15.9. The van der Waals surface area contributed by atoms with Gasteiger partial charge in [-0.1, -0.05) is 36.4 Å². The minimum atomic E-state index is -0.926. The molecule has 1 aliphatic heterocycles. The van der Waals surface area contributed by atoms with Gasteiger partial charge in [0.15, 0.2) is 18.1 Å². The minimum Gasteiger partial charge on any atom is -0.485 e. The maximum absolute atomic E-state index is 12.1. The summed E-state index contributed by atoms with van der Waals surface area (Å²) in [7, 11) is 0. The Morgan fingerprint density at radius 3 is 2.66 bits per heavy atom. The van der Waals surface area contributed by atoms with Crippen LogP contribution in [0.25, 0.3) is 17.0 Å². The van der Waals surface area contributed by atoms with E-state index in [0.717, 1.165) is 10.9 Å². The Kier molecular flexibility index (Phi) is 6.26. The number of hydrazine groups is 1. The summed E-state index contributed by atoms with van der Waals surface area (Å²) in [5.41, 5.74) is 5.76. The lowest BCUT2D eigenvalue weighted by molar-refractivity contribution is -0.145. The smallest absolute Gasteiger partial charge is 0.331 e. The molecule has 32 heavy (non-hydrogen) atoms. The maximum Gasteiger partial charge on any atom is 0.331 e. The second kappa shape index (κ2) is 9.61. The van der Waals surface area contributed by atoms with Crippen LogP contribution in [0.15, 0.2) is 66.7 Å². The number of amides is 2. The molecule has 0 radical (unpaired) electrons. The third-order valence-corrected chi connectivity index (χ3v) is 4.48. The van der Waals surface area contributed by atoms with Gasteiger partial charge in [0.05, 0.1) is 11.2 Å². The molecule has 4 rings (SSSR count). The number of benzene rings is 2. The van der Waals surface area contributed by atoms with Crippen molar-refractivity contribution in [2.24, 2.45) is 0 Å². The molecule has 9 heteroatoms. The molecular weight excluding hydrogens is 414 g/mol. The monoisotopic (exact) mass is 433 g/mol. The molecular formula is C23H19N3O6. The summed E-state index contributed by atoms with van der Waals surface area (Å²) in [5.74, 6) is -1.05. The predicted molar refractivity (Wildman–Crippen MR) is 114 cm³/mol. The fourth-order valence-electron chi connectivity index (χ4n) is 2.91. The van der Waals surface area contributed by atoms with Crippen molar-refractivity contribution >= 4 is 34.8 Å². The Bertz CT molecular complexity index is 1190. The van der Waals surface area contributed by atoms with Gasteiger partial charge in [0.25, 0.3) is 11.8 Å². The molecule has 2 aromatic carbocycles. The summed E-state index contributed by atoms with van der Waals surface area (Å²) in [6.45, 7) is -0.569. The fraction of sp³-hybridized carbons (Fsp3) is 0.130. The highest BCUT2D eigenvalue weighted by Gasteiger charge is 2.27. The highest BCUT2D eigenvalue weighted by molar-refractivity contribution is 5.90. The number of carbonyl (C=O) groups excluding carboxylic acids is 3. The molecule has 0 saturated carbocycles. The highest BCUT2D eigenvalue weighted by Crippen LogP contribution is 2.30. The van der Waals surface area contributed by atoms with Crippen molar-refractivity contribution in [1.82, 2.24) is 15.8 Å². The number of para-hydroxylation sites is 3. The lowest BCUT2D eigenvalue weighted by atomic mass is 10.2. The number of hydrogen-bond acceptors (Lipinski definition) is 7. The number of esters is 1. The number of aromatic nitrogens is 1. The first-order chi connectivity index (χ1) is 15.6. The van der Waals surface area contributed by atoms with Gasteiger partial charge in [-0.25, -0.2) is 9.78 Å². The van der Waals surface area contributed by atoms with Crippen LogP contribution in [0.5, 0.6) is 11.5 Å². The van der Waals surface area contributed by atoms with E-state index < -0.39 is 30.5 Å². The van der Waals surface area contributed by atoms with E-state index in [9.17, 15) is 14.4 Å². The van der Waals surface area contributed by atoms with Crippen LogP contribution in [0, 0.1) is 0 Å². The number of rotatable bonds is 5. The van der Waals surface area contributed by atoms with Crippen LogP contribution >= 0.6 is 0 Å². The first kappa shape index (κ1) is 20.9. The third-order valence-electron chi connectivity index (χ3n) is 4.48. The van der Waals surface area contributed by atoms with Crippen LogP contribution in [0.2, 0.25) is 0 Å². The largest absolute Gasteiger partial charge is 0.485 e. The zero-order valence-electron chi connectivity index (χ0n) is 16.8. The van der Waals surface area contributed by atoms with E-state index in [4.69, 9.17) is 14.2 Å². The van der Waals surface area contributed by atoms with E-state index in [0.29, 0.717) is 17.2 Å². The van der Waals surface area contributed by atoms with Gasteiger partial charge in [0.1, 0.15) is 6.61 Å². The van der Waals surface area contributed by atoms with E-state index in [2.05, 4.69) is 15.8 Å². The number of ether oxygens (including phenoxy) is 3. The number of nitrogens with one attached hydrogen (secondary N) is 2. The third kappa shape index (κ3) is 5.20. The second-order valence-electron chi connectivity index (χ2n) is 6.77. The van der Waals surface area contributed by atoms with Crippen molar-refractivity contribution in [3.05, 3.63) is 72.4 Å². The van der Waals surface area contributed by atoms with Crippen molar-refractivity contribution in [2.75, 3.05) is 13.2 Å². The van der Waals surface area contributed by atoms with Crippen molar-refractivity contribution in [3.8, 4) is 11.5 Å². The van der Waals surface area contributed by atoms with Gasteiger partial charge in [-0.2, -0.15) is 0 Å².